The Bertz CT molecular complexity index is 626. The molecule has 1 saturated heterocycles. The molecule has 116 valence electrons. The molecule has 5 nitrogen and oxygen atoms in total. The normalized spacial score (nSPS) is 19.2. The minimum Gasteiger partial charge on any atom is -0.356 e. The van der Waals surface area contributed by atoms with E-state index < -0.39 is 0 Å². The number of benzene rings is 1. The Morgan fingerprint density at radius 2 is 2.05 bits per heavy atom. The third-order valence-electron chi connectivity index (χ3n) is 4.16. The van der Waals surface area contributed by atoms with Crippen LogP contribution >= 0.6 is 0 Å². The first-order valence-corrected chi connectivity index (χ1v) is 7.80. The molecule has 1 aliphatic heterocycles. The summed E-state index contributed by atoms with van der Waals surface area (Å²) < 4.78 is 0. The summed E-state index contributed by atoms with van der Waals surface area (Å²) in [5.41, 5.74) is 7.06. The summed E-state index contributed by atoms with van der Waals surface area (Å²) in [6, 6.07) is 12.3. The number of nitrogens with one attached hydrogen (secondary N) is 1. The summed E-state index contributed by atoms with van der Waals surface area (Å²) in [5, 5.41) is 3.34. The second kappa shape index (κ2) is 6.32. The zero-order chi connectivity index (χ0) is 15.5. The van der Waals surface area contributed by atoms with Crippen molar-refractivity contribution in [3.05, 3.63) is 42.2 Å². The monoisotopic (exact) mass is 297 g/mol. The molecule has 1 aromatic carbocycles. The van der Waals surface area contributed by atoms with Crippen LogP contribution in [0.3, 0.4) is 0 Å². The molecule has 5 heteroatoms. The van der Waals surface area contributed by atoms with Gasteiger partial charge in [0.2, 0.25) is 0 Å². The van der Waals surface area contributed by atoms with E-state index in [9.17, 15) is 0 Å². The molecule has 2 heterocycles. The van der Waals surface area contributed by atoms with Crippen LogP contribution in [-0.2, 0) is 0 Å². The predicted molar refractivity (Wildman–Crippen MR) is 90.5 cm³/mol. The SMILES string of the molecule is Cc1nc(Nc2ccccc2)cc(N2CCC(C(C)N)C2)n1. The topological polar surface area (TPSA) is 67.1 Å². The smallest absolute Gasteiger partial charge is 0.136 e. The number of aryl methyl sites for hydroxylation is 1. The average molecular weight is 297 g/mol. The number of rotatable bonds is 4. The Hall–Kier alpha value is -2.14. The van der Waals surface area contributed by atoms with E-state index in [0.717, 1.165) is 42.7 Å². The fourth-order valence-corrected chi connectivity index (χ4v) is 2.87. The van der Waals surface area contributed by atoms with Gasteiger partial charge in [0.05, 0.1) is 0 Å². The van der Waals surface area contributed by atoms with Crippen LogP contribution in [0.15, 0.2) is 36.4 Å². The zero-order valence-corrected chi connectivity index (χ0v) is 13.2. The highest BCUT2D eigenvalue weighted by Crippen LogP contribution is 2.26. The van der Waals surface area contributed by atoms with Crippen LogP contribution in [0, 0.1) is 12.8 Å². The fourth-order valence-electron chi connectivity index (χ4n) is 2.87. The first kappa shape index (κ1) is 14.8. The van der Waals surface area contributed by atoms with Gasteiger partial charge in [0.1, 0.15) is 17.5 Å². The molecule has 1 fully saturated rings. The molecule has 1 aliphatic rings. The summed E-state index contributed by atoms with van der Waals surface area (Å²) in [5.74, 6) is 3.13. The van der Waals surface area contributed by atoms with Gasteiger partial charge in [-0.15, -0.1) is 0 Å². The molecule has 2 unspecified atom stereocenters. The Morgan fingerprint density at radius 1 is 1.27 bits per heavy atom. The van der Waals surface area contributed by atoms with Crippen molar-refractivity contribution in [3.8, 4) is 0 Å². The van der Waals surface area contributed by atoms with E-state index in [1.54, 1.807) is 0 Å². The maximum absolute atomic E-state index is 6.03. The molecule has 0 saturated carbocycles. The molecule has 3 rings (SSSR count). The van der Waals surface area contributed by atoms with Gasteiger partial charge in [-0.25, -0.2) is 9.97 Å². The van der Waals surface area contributed by atoms with Crippen LogP contribution in [0.5, 0.6) is 0 Å². The number of hydrogen-bond donors (Lipinski definition) is 2. The van der Waals surface area contributed by atoms with E-state index in [0.29, 0.717) is 5.92 Å². The lowest BCUT2D eigenvalue weighted by atomic mass is 10.0. The quantitative estimate of drug-likeness (QED) is 0.908. The molecule has 0 radical (unpaired) electrons. The standard InChI is InChI=1S/C17H23N5/c1-12(18)14-8-9-22(11-14)17-10-16(19-13(2)20-17)21-15-6-4-3-5-7-15/h3-7,10,12,14H,8-9,11,18H2,1-2H3,(H,19,20,21). The first-order valence-electron chi connectivity index (χ1n) is 7.80. The highest BCUT2D eigenvalue weighted by atomic mass is 15.2. The van der Waals surface area contributed by atoms with Crippen LogP contribution in [0.1, 0.15) is 19.2 Å². The molecule has 0 spiro atoms. The summed E-state index contributed by atoms with van der Waals surface area (Å²) in [7, 11) is 0. The minimum atomic E-state index is 0.231. The second-order valence-corrected chi connectivity index (χ2v) is 6.00. The molecule has 3 N–H and O–H groups in total. The third kappa shape index (κ3) is 3.36. The van der Waals surface area contributed by atoms with E-state index in [4.69, 9.17) is 5.73 Å². The van der Waals surface area contributed by atoms with Crippen molar-refractivity contribution in [2.24, 2.45) is 11.7 Å². The molecule has 0 bridgehead atoms. The number of nitrogens with two attached hydrogens (primary N) is 1. The molecule has 2 aromatic rings. The number of aromatic nitrogens is 2. The van der Waals surface area contributed by atoms with Crippen molar-refractivity contribution in [1.29, 1.82) is 0 Å². The van der Waals surface area contributed by atoms with Crippen molar-refractivity contribution in [2.45, 2.75) is 26.3 Å². The van der Waals surface area contributed by atoms with Gasteiger partial charge < -0.3 is 16.0 Å². The molecule has 22 heavy (non-hydrogen) atoms. The molecule has 0 amide bonds. The van der Waals surface area contributed by atoms with E-state index in [2.05, 4.69) is 27.1 Å². The van der Waals surface area contributed by atoms with Crippen LogP contribution < -0.4 is 16.0 Å². The number of nitrogens with zero attached hydrogens (tertiary/aromatic N) is 3. The second-order valence-electron chi connectivity index (χ2n) is 6.00. The van der Waals surface area contributed by atoms with Crippen LogP contribution in [0.25, 0.3) is 0 Å². The highest BCUT2D eigenvalue weighted by Gasteiger charge is 2.26. The molecular weight excluding hydrogens is 274 g/mol. The van der Waals surface area contributed by atoms with Crippen molar-refractivity contribution >= 4 is 17.3 Å². The van der Waals surface area contributed by atoms with E-state index in [1.807, 2.05) is 43.3 Å². The van der Waals surface area contributed by atoms with Crippen molar-refractivity contribution < 1.29 is 0 Å². The van der Waals surface area contributed by atoms with Crippen LogP contribution in [0.4, 0.5) is 17.3 Å². The van der Waals surface area contributed by atoms with Gasteiger partial charge in [0, 0.05) is 30.9 Å². The van der Waals surface area contributed by atoms with E-state index in [-0.39, 0.29) is 6.04 Å². The largest absolute Gasteiger partial charge is 0.356 e. The van der Waals surface area contributed by atoms with Crippen molar-refractivity contribution in [3.63, 3.8) is 0 Å². The van der Waals surface area contributed by atoms with Crippen molar-refractivity contribution in [1.82, 2.24) is 9.97 Å². The average Bonchev–Trinajstić information content (AvgIpc) is 2.98. The molecule has 1 aromatic heterocycles. The summed E-state index contributed by atoms with van der Waals surface area (Å²) >= 11 is 0. The Kier molecular flexibility index (Phi) is 4.24. The lowest BCUT2D eigenvalue weighted by Gasteiger charge is -2.20. The third-order valence-corrected chi connectivity index (χ3v) is 4.16. The number of para-hydroxylation sites is 1. The fraction of sp³-hybridized carbons (Fsp3) is 0.412. The van der Waals surface area contributed by atoms with Gasteiger partial charge in [0.25, 0.3) is 0 Å². The molecule has 0 aliphatic carbocycles. The maximum atomic E-state index is 6.03. The van der Waals surface area contributed by atoms with Gasteiger partial charge in [0.15, 0.2) is 0 Å². The molecule has 2 atom stereocenters. The molecular formula is C17H23N5. The number of hydrogen-bond acceptors (Lipinski definition) is 5. The number of anilines is 3. The van der Waals surface area contributed by atoms with Crippen molar-refractivity contribution in [2.75, 3.05) is 23.3 Å². The Morgan fingerprint density at radius 3 is 2.73 bits per heavy atom. The maximum Gasteiger partial charge on any atom is 0.136 e. The van der Waals surface area contributed by atoms with Gasteiger partial charge in [-0.05, 0) is 38.3 Å². The summed E-state index contributed by atoms with van der Waals surface area (Å²) in [6.45, 7) is 5.99. The Labute approximate surface area is 131 Å². The van der Waals surface area contributed by atoms with Crippen LogP contribution in [-0.4, -0.2) is 29.1 Å². The summed E-state index contributed by atoms with van der Waals surface area (Å²) in [6.07, 6.45) is 1.13. The van der Waals surface area contributed by atoms with Gasteiger partial charge in [-0.2, -0.15) is 0 Å². The van der Waals surface area contributed by atoms with E-state index >= 15 is 0 Å². The highest BCUT2D eigenvalue weighted by molar-refractivity contribution is 5.59. The lowest BCUT2D eigenvalue weighted by Crippen LogP contribution is -2.30. The van der Waals surface area contributed by atoms with Gasteiger partial charge in [-0.3, -0.25) is 0 Å². The minimum absolute atomic E-state index is 0.231. The summed E-state index contributed by atoms with van der Waals surface area (Å²) in [4.78, 5) is 11.4. The predicted octanol–water partition coefficient (Wildman–Crippen LogP) is 2.70. The Balaban J connectivity index is 1.79. The van der Waals surface area contributed by atoms with Gasteiger partial charge in [-0.1, -0.05) is 18.2 Å². The zero-order valence-electron chi connectivity index (χ0n) is 13.2. The van der Waals surface area contributed by atoms with E-state index in [1.165, 1.54) is 0 Å². The van der Waals surface area contributed by atoms with Crippen LogP contribution in [0.2, 0.25) is 0 Å². The first-order chi connectivity index (χ1) is 10.6. The van der Waals surface area contributed by atoms with Gasteiger partial charge >= 0.3 is 0 Å². The lowest BCUT2D eigenvalue weighted by molar-refractivity contribution is 0.488.